The van der Waals surface area contributed by atoms with Gasteiger partial charge in [0.25, 0.3) is 5.91 Å². The minimum absolute atomic E-state index is 0.199. The third-order valence-electron chi connectivity index (χ3n) is 3.74. The molecule has 0 radical (unpaired) electrons. The lowest BCUT2D eigenvalue weighted by atomic mass is 10.2. The summed E-state index contributed by atoms with van der Waals surface area (Å²) < 4.78 is 2.19. The molecule has 0 aliphatic rings. The standard InChI is InChI=1S/C18H16Cl2N2O/c19-15-7-3-6-14(17(15)20)18(23)21-10-4-11-22-12-9-13-5-1-2-8-16(13)22/h1-3,5-9,12H,4,10-11H2,(H,21,23). The van der Waals surface area contributed by atoms with Crippen LogP contribution in [0.3, 0.4) is 0 Å². The molecular formula is C18H16Cl2N2O. The van der Waals surface area contributed by atoms with Crippen LogP contribution in [0, 0.1) is 0 Å². The fourth-order valence-corrected chi connectivity index (χ4v) is 2.95. The molecule has 1 aromatic heterocycles. The minimum Gasteiger partial charge on any atom is -0.352 e. The molecule has 0 fully saturated rings. The molecule has 5 heteroatoms. The molecule has 0 bridgehead atoms. The Balaban J connectivity index is 1.55. The number of carbonyl (C=O) groups excluding carboxylic acids is 1. The Kier molecular flexibility index (Phi) is 4.89. The van der Waals surface area contributed by atoms with Crippen molar-refractivity contribution in [3.05, 3.63) is 70.3 Å². The predicted octanol–water partition coefficient (Wildman–Crippen LogP) is 4.77. The van der Waals surface area contributed by atoms with Crippen LogP contribution < -0.4 is 5.32 Å². The van der Waals surface area contributed by atoms with E-state index in [4.69, 9.17) is 23.2 Å². The highest BCUT2D eigenvalue weighted by molar-refractivity contribution is 6.43. The molecule has 0 aliphatic heterocycles. The first-order valence-corrected chi connectivity index (χ1v) is 8.18. The van der Waals surface area contributed by atoms with Gasteiger partial charge in [0.2, 0.25) is 0 Å². The molecule has 0 atom stereocenters. The number of carbonyl (C=O) groups is 1. The van der Waals surface area contributed by atoms with Crippen molar-refractivity contribution in [3.63, 3.8) is 0 Å². The Morgan fingerprint density at radius 2 is 1.87 bits per heavy atom. The number of rotatable bonds is 5. The van der Waals surface area contributed by atoms with Crippen LogP contribution in [0.4, 0.5) is 0 Å². The van der Waals surface area contributed by atoms with Crippen molar-refractivity contribution in [2.24, 2.45) is 0 Å². The Hall–Kier alpha value is -1.97. The van der Waals surface area contributed by atoms with Gasteiger partial charge in [-0.15, -0.1) is 0 Å². The molecule has 0 unspecified atom stereocenters. The zero-order valence-electron chi connectivity index (χ0n) is 12.4. The van der Waals surface area contributed by atoms with Gasteiger partial charge in [-0.2, -0.15) is 0 Å². The van der Waals surface area contributed by atoms with Crippen molar-refractivity contribution in [2.75, 3.05) is 6.54 Å². The lowest BCUT2D eigenvalue weighted by molar-refractivity contribution is 0.0953. The fraction of sp³-hybridized carbons (Fsp3) is 0.167. The highest BCUT2D eigenvalue weighted by Gasteiger charge is 2.11. The average Bonchev–Trinajstić information content (AvgIpc) is 2.97. The van der Waals surface area contributed by atoms with Gasteiger partial charge in [-0.05, 0) is 36.1 Å². The number of fused-ring (bicyclic) bond motifs is 1. The van der Waals surface area contributed by atoms with E-state index in [9.17, 15) is 4.79 Å². The largest absolute Gasteiger partial charge is 0.352 e. The van der Waals surface area contributed by atoms with Gasteiger partial charge in [-0.25, -0.2) is 0 Å². The smallest absolute Gasteiger partial charge is 0.252 e. The maximum absolute atomic E-state index is 12.1. The summed E-state index contributed by atoms with van der Waals surface area (Å²) in [7, 11) is 0. The first kappa shape index (κ1) is 15.9. The van der Waals surface area contributed by atoms with Gasteiger partial charge in [-0.3, -0.25) is 4.79 Å². The molecule has 1 heterocycles. The number of aryl methyl sites for hydroxylation is 1. The summed E-state index contributed by atoms with van der Waals surface area (Å²) >= 11 is 12.0. The lowest BCUT2D eigenvalue weighted by Crippen LogP contribution is -2.25. The van der Waals surface area contributed by atoms with Gasteiger partial charge in [0, 0.05) is 24.8 Å². The summed E-state index contributed by atoms with van der Waals surface area (Å²) in [4.78, 5) is 12.1. The summed E-state index contributed by atoms with van der Waals surface area (Å²) in [6, 6.07) is 15.4. The van der Waals surface area contributed by atoms with Crippen molar-refractivity contribution in [3.8, 4) is 0 Å². The van der Waals surface area contributed by atoms with Crippen LogP contribution in [-0.4, -0.2) is 17.0 Å². The number of amides is 1. The molecule has 0 aliphatic carbocycles. The molecule has 1 amide bonds. The number of hydrogen-bond acceptors (Lipinski definition) is 1. The first-order valence-electron chi connectivity index (χ1n) is 7.43. The predicted molar refractivity (Wildman–Crippen MR) is 95.4 cm³/mol. The third kappa shape index (κ3) is 3.52. The normalized spacial score (nSPS) is 10.9. The van der Waals surface area contributed by atoms with Gasteiger partial charge in [0.05, 0.1) is 15.6 Å². The quantitative estimate of drug-likeness (QED) is 0.663. The second-order valence-corrected chi connectivity index (χ2v) is 6.06. The number of nitrogens with zero attached hydrogens (tertiary/aromatic N) is 1. The molecule has 0 saturated carbocycles. The lowest BCUT2D eigenvalue weighted by Gasteiger charge is -2.09. The number of aromatic nitrogens is 1. The molecule has 3 rings (SSSR count). The number of halogens is 2. The van der Waals surface area contributed by atoms with Gasteiger partial charge in [-0.1, -0.05) is 47.5 Å². The van der Waals surface area contributed by atoms with Crippen LogP contribution >= 0.6 is 23.2 Å². The number of para-hydroxylation sites is 1. The molecule has 23 heavy (non-hydrogen) atoms. The van der Waals surface area contributed by atoms with Gasteiger partial charge < -0.3 is 9.88 Å². The molecular weight excluding hydrogens is 331 g/mol. The Bertz CT molecular complexity index is 842. The van der Waals surface area contributed by atoms with Crippen molar-refractivity contribution >= 4 is 40.0 Å². The monoisotopic (exact) mass is 346 g/mol. The van der Waals surface area contributed by atoms with E-state index < -0.39 is 0 Å². The molecule has 2 aromatic carbocycles. The molecule has 3 aromatic rings. The Morgan fingerprint density at radius 3 is 2.74 bits per heavy atom. The summed E-state index contributed by atoms with van der Waals surface area (Å²) in [5.41, 5.74) is 1.61. The molecule has 0 saturated heterocycles. The molecule has 1 N–H and O–H groups in total. The van der Waals surface area contributed by atoms with Gasteiger partial charge in [0.1, 0.15) is 0 Å². The van der Waals surface area contributed by atoms with E-state index >= 15 is 0 Å². The van der Waals surface area contributed by atoms with Gasteiger partial charge in [0.15, 0.2) is 0 Å². The van der Waals surface area contributed by atoms with Crippen molar-refractivity contribution in [1.82, 2.24) is 9.88 Å². The average molecular weight is 347 g/mol. The van der Waals surface area contributed by atoms with Crippen LogP contribution in [0.5, 0.6) is 0 Å². The SMILES string of the molecule is O=C(NCCCn1ccc2ccccc21)c1cccc(Cl)c1Cl. The minimum atomic E-state index is -0.199. The van der Waals surface area contributed by atoms with E-state index in [0.29, 0.717) is 22.2 Å². The number of nitrogens with one attached hydrogen (secondary N) is 1. The topological polar surface area (TPSA) is 34.0 Å². The zero-order valence-corrected chi connectivity index (χ0v) is 13.9. The number of benzene rings is 2. The van der Waals surface area contributed by atoms with Gasteiger partial charge >= 0.3 is 0 Å². The summed E-state index contributed by atoms with van der Waals surface area (Å²) in [6.45, 7) is 1.42. The Morgan fingerprint density at radius 1 is 1.04 bits per heavy atom. The maximum Gasteiger partial charge on any atom is 0.252 e. The van der Waals surface area contributed by atoms with Crippen LogP contribution in [-0.2, 0) is 6.54 Å². The highest BCUT2D eigenvalue weighted by atomic mass is 35.5. The van der Waals surface area contributed by atoms with E-state index in [1.165, 1.54) is 10.9 Å². The van der Waals surface area contributed by atoms with E-state index in [1.54, 1.807) is 18.2 Å². The first-order chi connectivity index (χ1) is 11.2. The third-order valence-corrected chi connectivity index (χ3v) is 4.56. The van der Waals surface area contributed by atoms with E-state index in [-0.39, 0.29) is 5.91 Å². The van der Waals surface area contributed by atoms with Crippen LogP contribution in [0.2, 0.25) is 10.0 Å². The maximum atomic E-state index is 12.1. The zero-order chi connectivity index (χ0) is 16.2. The van der Waals surface area contributed by atoms with E-state index in [2.05, 4.69) is 34.3 Å². The number of hydrogen-bond donors (Lipinski definition) is 1. The molecule has 0 spiro atoms. The van der Waals surface area contributed by atoms with E-state index in [1.807, 2.05) is 12.1 Å². The second-order valence-electron chi connectivity index (χ2n) is 5.28. The summed E-state index contributed by atoms with van der Waals surface area (Å²) in [5, 5.41) is 4.79. The van der Waals surface area contributed by atoms with E-state index in [0.717, 1.165) is 13.0 Å². The Labute approximate surface area is 144 Å². The van der Waals surface area contributed by atoms with Crippen LogP contribution in [0.15, 0.2) is 54.7 Å². The van der Waals surface area contributed by atoms with Crippen molar-refractivity contribution in [1.29, 1.82) is 0 Å². The van der Waals surface area contributed by atoms with Crippen molar-refractivity contribution in [2.45, 2.75) is 13.0 Å². The highest BCUT2D eigenvalue weighted by Crippen LogP contribution is 2.25. The van der Waals surface area contributed by atoms with Crippen LogP contribution in [0.1, 0.15) is 16.8 Å². The molecule has 3 nitrogen and oxygen atoms in total. The molecule has 118 valence electrons. The van der Waals surface area contributed by atoms with Crippen molar-refractivity contribution < 1.29 is 4.79 Å². The second kappa shape index (κ2) is 7.07. The summed E-state index contributed by atoms with van der Waals surface area (Å²) in [6.07, 6.45) is 2.91. The summed E-state index contributed by atoms with van der Waals surface area (Å²) in [5.74, 6) is -0.199. The van der Waals surface area contributed by atoms with Crippen LogP contribution in [0.25, 0.3) is 10.9 Å². The fourth-order valence-electron chi connectivity index (χ4n) is 2.56.